The fraction of sp³-hybridized carbons (Fsp3) is 0.462. The lowest BCUT2D eigenvalue weighted by molar-refractivity contribution is 0.213. The van der Waals surface area contributed by atoms with Crippen LogP contribution in [0.15, 0.2) is 12.1 Å². The Morgan fingerprint density at radius 2 is 2.05 bits per heavy atom. The lowest BCUT2D eigenvalue weighted by Crippen LogP contribution is -2.09. The summed E-state index contributed by atoms with van der Waals surface area (Å²) in [4.78, 5) is 0. The van der Waals surface area contributed by atoms with Gasteiger partial charge in [-0.1, -0.05) is 0 Å². The van der Waals surface area contributed by atoms with Crippen LogP contribution >= 0.6 is 7.60 Å². The van der Waals surface area contributed by atoms with Crippen LogP contribution in [0.25, 0.3) is 0 Å². The van der Waals surface area contributed by atoms with Crippen LogP contribution in [0, 0.1) is 23.2 Å². The van der Waals surface area contributed by atoms with Crippen molar-refractivity contribution in [1.82, 2.24) is 0 Å². The minimum Gasteiger partial charge on any atom is -0.492 e. The molecule has 20 heavy (non-hydrogen) atoms. The van der Waals surface area contributed by atoms with Gasteiger partial charge in [0, 0.05) is 6.07 Å². The molecule has 109 valence electrons. The van der Waals surface area contributed by atoms with Crippen molar-refractivity contribution in [2.24, 2.45) is 0 Å². The van der Waals surface area contributed by atoms with E-state index in [1.807, 2.05) is 6.07 Å². The van der Waals surface area contributed by atoms with Gasteiger partial charge < -0.3 is 13.8 Å². The molecular weight excluding hydrogens is 284 g/mol. The third-order valence-electron chi connectivity index (χ3n) is 2.27. The normalized spacial score (nSPS) is 11.1. The van der Waals surface area contributed by atoms with Crippen molar-refractivity contribution in [2.75, 3.05) is 26.0 Å². The third kappa shape index (κ3) is 4.93. The van der Waals surface area contributed by atoms with E-state index in [0.29, 0.717) is 0 Å². The second kappa shape index (κ2) is 8.01. The molecule has 0 amide bonds. The summed E-state index contributed by atoms with van der Waals surface area (Å²) in [6.45, 7) is 4.01. The SMILES string of the molecule is CCOP(=O)(CCOc1c[c]c(F)cc1C#N)OCC. The van der Waals surface area contributed by atoms with Crippen LogP contribution < -0.4 is 4.74 Å². The molecule has 0 aliphatic heterocycles. The fourth-order valence-electron chi connectivity index (χ4n) is 1.49. The monoisotopic (exact) mass is 300 g/mol. The molecule has 0 bridgehead atoms. The van der Waals surface area contributed by atoms with Gasteiger partial charge in [0.1, 0.15) is 17.6 Å². The lowest BCUT2D eigenvalue weighted by atomic mass is 10.2. The van der Waals surface area contributed by atoms with Gasteiger partial charge in [-0.05, 0) is 26.0 Å². The summed E-state index contributed by atoms with van der Waals surface area (Å²) in [5.74, 6) is -0.448. The van der Waals surface area contributed by atoms with Crippen molar-refractivity contribution in [3.05, 3.63) is 29.6 Å². The molecule has 0 saturated carbocycles. The molecule has 1 aromatic rings. The average molecular weight is 300 g/mol. The van der Waals surface area contributed by atoms with Crippen molar-refractivity contribution >= 4 is 7.60 Å². The number of halogens is 1. The summed E-state index contributed by atoms with van der Waals surface area (Å²) < 4.78 is 40.6. The van der Waals surface area contributed by atoms with E-state index in [1.165, 1.54) is 6.07 Å². The Kier molecular flexibility index (Phi) is 6.66. The molecule has 0 N–H and O–H groups in total. The molecule has 0 heterocycles. The number of hydrogen-bond donors (Lipinski definition) is 0. The van der Waals surface area contributed by atoms with Gasteiger partial charge in [-0.3, -0.25) is 4.57 Å². The first-order chi connectivity index (χ1) is 9.54. The minimum absolute atomic E-state index is 0.0332. The van der Waals surface area contributed by atoms with Gasteiger partial charge in [-0.2, -0.15) is 5.26 Å². The van der Waals surface area contributed by atoms with Crippen LogP contribution in [-0.4, -0.2) is 26.0 Å². The highest BCUT2D eigenvalue weighted by molar-refractivity contribution is 7.53. The van der Waals surface area contributed by atoms with Crippen molar-refractivity contribution < 1.29 is 22.7 Å². The third-order valence-corrected chi connectivity index (χ3v) is 4.31. The molecule has 1 radical (unpaired) electrons. The maximum atomic E-state index is 12.9. The molecule has 0 fully saturated rings. The molecule has 1 aromatic carbocycles. The van der Waals surface area contributed by atoms with Gasteiger partial charge in [0.2, 0.25) is 0 Å². The number of nitriles is 1. The van der Waals surface area contributed by atoms with Crippen LogP contribution in [0.2, 0.25) is 0 Å². The van der Waals surface area contributed by atoms with Crippen molar-refractivity contribution in [3.8, 4) is 11.8 Å². The molecule has 0 unspecified atom stereocenters. The van der Waals surface area contributed by atoms with Crippen LogP contribution in [0.1, 0.15) is 19.4 Å². The Morgan fingerprint density at radius 1 is 1.40 bits per heavy atom. The predicted octanol–water partition coefficient (Wildman–Crippen LogP) is 3.14. The average Bonchev–Trinajstić information content (AvgIpc) is 2.41. The summed E-state index contributed by atoms with van der Waals surface area (Å²) in [7, 11) is -3.18. The Morgan fingerprint density at radius 3 is 2.60 bits per heavy atom. The van der Waals surface area contributed by atoms with Gasteiger partial charge >= 0.3 is 7.60 Å². The second-order valence-corrected chi connectivity index (χ2v) is 5.87. The number of ether oxygens (including phenoxy) is 1. The van der Waals surface area contributed by atoms with E-state index in [0.717, 1.165) is 6.07 Å². The standard InChI is InChI=1S/C13H16FNO4P/c1-3-18-20(16,19-4-2)8-7-17-13-6-5-12(14)9-11(13)10-15/h6,9H,3-4,7-8H2,1-2H3. The van der Waals surface area contributed by atoms with Crippen LogP contribution in [-0.2, 0) is 13.6 Å². The van der Waals surface area contributed by atoms with Crippen molar-refractivity contribution in [1.29, 1.82) is 5.26 Å². The van der Waals surface area contributed by atoms with E-state index >= 15 is 0 Å². The molecular formula is C13H16FNO4P. The molecule has 0 atom stereocenters. The highest BCUT2D eigenvalue weighted by atomic mass is 31.2. The van der Waals surface area contributed by atoms with Gasteiger partial charge in [-0.25, -0.2) is 4.39 Å². The van der Waals surface area contributed by atoms with Crippen molar-refractivity contribution in [3.63, 3.8) is 0 Å². The molecule has 0 aliphatic rings. The van der Waals surface area contributed by atoms with E-state index in [9.17, 15) is 8.96 Å². The maximum Gasteiger partial charge on any atom is 0.334 e. The largest absolute Gasteiger partial charge is 0.492 e. The minimum atomic E-state index is -3.18. The first-order valence-corrected chi connectivity index (χ1v) is 7.89. The molecule has 0 aromatic heterocycles. The predicted molar refractivity (Wildman–Crippen MR) is 71.2 cm³/mol. The topological polar surface area (TPSA) is 68.5 Å². The van der Waals surface area contributed by atoms with Crippen LogP contribution in [0.4, 0.5) is 4.39 Å². The van der Waals surface area contributed by atoms with Crippen LogP contribution in [0.3, 0.4) is 0 Å². The maximum absolute atomic E-state index is 12.9. The number of hydrogen-bond acceptors (Lipinski definition) is 5. The first kappa shape index (κ1) is 16.6. The van der Waals surface area contributed by atoms with E-state index in [4.69, 9.17) is 19.0 Å². The van der Waals surface area contributed by atoms with E-state index in [1.54, 1.807) is 13.8 Å². The molecule has 0 spiro atoms. The molecule has 0 aliphatic carbocycles. The van der Waals surface area contributed by atoms with Gasteiger partial charge in [-0.15, -0.1) is 0 Å². The van der Waals surface area contributed by atoms with E-state index < -0.39 is 13.4 Å². The van der Waals surface area contributed by atoms with E-state index in [-0.39, 0.29) is 37.3 Å². The lowest BCUT2D eigenvalue weighted by Gasteiger charge is -2.17. The van der Waals surface area contributed by atoms with Gasteiger partial charge in [0.25, 0.3) is 0 Å². The quantitative estimate of drug-likeness (QED) is 0.690. The molecule has 5 nitrogen and oxygen atoms in total. The van der Waals surface area contributed by atoms with Crippen LogP contribution in [0.5, 0.6) is 5.75 Å². The summed E-state index contributed by atoms with van der Waals surface area (Å²) in [6.07, 6.45) is 0.0525. The summed E-state index contributed by atoms with van der Waals surface area (Å²) in [5.41, 5.74) is 0.0592. The highest BCUT2D eigenvalue weighted by Crippen LogP contribution is 2.47. The first-order valence-electron chi connectivity index (χ1n) is 6.17. The number of nitrogens with zero attached hydrogens (tertiary/aromatic N) is 1. The number of rotatable bonds is 8. The molecule has 1 rings (SSSR count). The summed E-state index contributed by atoms with van der Waals surface area (Å²) in [5, 5.41) is 8.86. The highest BCUT2D eigenvalue weighted by Gasteiger charge is 2.23. The summed E-state index contributed by atoms with van der Waals surface area (Å²) >= 11 is 0. The molecule has 0 saturated heterocycles. The Hall–Kier alpha value is -1.41. The zero-order valence-corrected chi connectivity index (χ0v) is 12.3. The Balaban J connectivity index is 2.64. The zero-order valence-electron chi connectivity index (χ0n) is 11.4. The molecule has 7 heteroatoms. The Labute approximate surface area is 117 Å². The number of benzene rings is 1. The van der Waals surface area contributed by atoms with Gasteiger partial charge in [0.15, 0.2) is 0 Å². The fourth-order valence-corrected chi connectivity index (χ4v) is 2.92. The smallest absolute Gasteiger partial charge is 0.334 e. The van der Waals surface area contributed by atoms with Gasteiger partial charge in [0.05, 0.1) is 31.5 Å². The van der Waals surface area contributed by atoms with E-state index in [2.05, 4.69) is 6.07 Å². The Bertz CT molecular complexity index is 520. The second-order valence-electron chi connectivity index (χ2n) is 3.69. The van der Waals surface area contributed by atoms with Crippen molar-refractivity contribution in [2.45, 2.75) is 13.8 Å². The zero-order chi connectivity index (χ0) is 15.0. The summed E-state index contributed by atoms with van der Waals surface area (Å²) in [6, 6.07) is 6.38.